The Balaban J connectivity index is 1.87. The lowest BCUT2D eigenvalue weighted by Gasteiger charge is -2.19. The molecule has 0 unspecified atom stereocenters. The van der Waals surface area contributed by atoms with Crippen LogP contribution in [0.2, 0.25) is 19.1 Å². The molecule has 0 amide bonds. The molecule has 0 N–H and O–H groups in total. The number of hydrogen-bond acceptors (Lipinski definition) is 3. The highest BCUT2D eigenvalue weighted by molar-refractivity contribution is 6.71. The van der Waals surface area contributed by atoms with E-state index < -0.39 is 8.32 Å². The van der Waals surface area contributed by atoms with Crippen LogP contribution in [0, 0.1) is 0 Å². The summed E-state index contributed by atoms with van der Waals surface area (Å²) in [7, 11) is 0.461. The Morgan fingerprint density at radius 3 is 2.69 bits per heavy atom. The van der Waals surface area contributed by atoms with Gasteiger partial charge in [0.05, 0.1) is 13.2 Å². The first kappa shape index (κ1) is 11.2. The number of epoxide rings is 1. The van der Waals surface area contributed by atoms with E-state index in [0.717, 1.165) is 26.2 Å². The van der Waals surface area contributed by atoms with Gasteiger partial charge in [0.1, 0.15) is 6.10 Å². The zero-order chi connectivity index (χ0) is 9.73. The Hall–Kier alpha value is 0.0969. The molecule has 78 valence electrons. The van der Waals surface area contributed by atoms with Crippen LogP contribution in [0.1, 0.15) is 6.42 Å². The van der Waals surface area contributed by atoms with Gasteiger partial charge in [-0.25, -0.2) is 0 Å². The fourth-order valence-electron chi connectivity index (χ4n) is 1.08. The summed E-state index contributed by atoms with van der Waals surface area (Å²) in [5.74, 6) is 0. The normalized spacial score (nSPS) is 21.9. The molecule has 1 rings (SSSR count). The van der Waals surface area contributed by atoms with Crippen molar-refractivity contribution in [3.63, 3.8) is 0 Å². The predicted molar refractivity (Wildman–Crippen MR) is 54.5 cm³/mol. The first-order valence-electron chi connectivity index (χ1n) is 4.88. The monoisotopic (exact) mass is 204 g/mol. The molecule has 13 heavy (non-hydrogen) atoms. The molecule has 0 bridgehead atoms. The van der Waals surface area contributed by atoms with Gasteiger partial charge in [0, 0.05) is 13.7 Å². The summed E-state index contributed by atoms with van der Waals surface area (Å²) in [6, 6.07) is 1.18. The summed E-state index contributed by atoms with van der Waals surface area (Å²) >= 11 is 0. The first-order valence-corrected chi connectivity index (χ1v) is 8.00. The average Bonchev–Trinajstić information content (AvgIpc) is 2.87. The van der Waals surface area contributed by atoms with Gasteiger partial charge in [0.2, 0.25) is 0 Å². The van der Waals surface area contributed by atoms with Gasteiger partial charge in [-0.05, 0) is 25.6 Å². The molecule has 1 fully saturated rings. The van der Waals surface area contributed by atoms with Crippen molar-refractivity contribution in [2.45, 2.75) is 31.7 Å². The topological polar surface area (TPSA) is 31.0 Å². The molecule has 1 aliphatic rings. The van der Waals surface area contributed by atoms with Crippen LogP contribution in [-0.4, -0.2) is 41.4 Å². The third kappa shape index (κ3) is 5.41. The van der Waals surface area contributed by atoms with Crippen molar-refractivity contribution in [3.8, 4) is 0 Å². The van der Waals surface area contributed by atoms with E-state index in [-0.39, 0.29) is 0 Å². The number of rotatable bonds is 7. The Morgan fingerprint density at radius 1 is 1.46 bits per heavy atom. The van der Waals surface area contributed by atoms with Crippen molar-refractivity contribution in [1.29, 1.82) is 0 Å². The van der Waals surface area contributed by atoms with E-state index >= 15 is 0 Å². The molecule has 0 aromatic heterocycles. The van der Waals surface area contributed by atoms with E-state index in [4.69, 9.17) is 13.9 Å². The molecule has 1 atom stereocenters. The fraction of sp³-hybridized carbons (Fsp3) is 1.00. The second-order valence-electron chi connectivity index (χ2n) is 4.10. The molecule has 3 nitrogen and oxygen atoms in total. The molecule has 1 saturated heterocycles. The van der Waals surface area contributed by atoms with Crippen molar-refractivity contribution < 1.29 is 13.9 Å². The van der Waals surface area contributed by atoms with Gasteiger partial charge in [-0.2, -0.15) is 0 Å². The van der Waals surface area contributed by atoms with Crippen molar-refractivity contribution in [2.75, 3.05) is 26.9 Å². The van der Waals surface area contributed by atoms with Crippen LogP contribution >= 0.6 is 0 Å². The molecule has 1 aliphatic heterocycles. The first-order chi connectivity index (χ1) is 6.14. The minimum atomic E-state index is -1.35. The maximum absolute atomic E-state index is 5.44. The van der Waals surface area contributed by atoms with E-state index in [0.29, 0.717) is 6.10 Å². The van der Waals surface area contributed by atoms with Crippen molar-refractivity contribution in [3.05, 3.63) is 0 Å². The van der Waals surface area contributed by atoms with Crippen LogP contribution in [0.4, 0.5) is 0 Å². The summed E-state index contributed by atoms with van der Waals surface area (Å²) in [6.07, 6.45) is 1.51. The van der Waals surface area contributed by atoms with Crippen molar-refractivity contribution >= 4 is 8.32 Å². The number of hydrogen-bond donors (Lipinski definition) is 0. The summed E-state index contributed by atoms with van der Waals surface area (Å²) in [5.41, 5.74) is 0. The fourth-order valence-corrected chi connectivity index (χ4v) is 2.28. The minimum absolute atomic E-state index is 0.396. The zero-order valence-electron chi connectivity index (χ0n) is 8.84. The van der Waals surface area contributed by atoms with Gasteiger partial charge in [-0.15, -0.1) is 0 Å². The lowest BCUT2D eigenvalue weighted by atomic mass is 10.5. The molecular weight excluding hydrogens is 184 g/mol. The van der Waals surface area contributed by atoms with Crippen molar-refractivity contribution in [1.82, 2.24) is 0 Å². The van der Waals surface area contributed by atoms with Crippen LogP contribution in [-0.2, 0) is 13.9 Å². The smallest absolute Gasteiger partial charge is 0.186 e. The summed E-state index contributed by atoms with van der Waals surface area (Å²) in [5, 5.41) is 0. The molecule has 0 aromatic carbocycles. The third-order valence-electron chi connectivity index (χ3n) is 2.33. The van der Waals surface area contributed by atoms with Gasteiger partial charge in [-0.1, -0.05) is 0 Å². The Kier molecular flexibility index (Phi) is 4.38. The van der Waals surface area contributed by atoms with Gasteiger partial charge >= 0.3 is 0 Å². The van der Waals surface area contributed by atoms with Crippen LogP contribution < -0.4 is 0 Å². The molecule has 0 spiro atoms. The lowest BCUT2D eigenvalue weighted by molar-refractivity contribution is 0.116. The quantitative estimate of drug-likeness (QED) is 0.359. The van der Waals surface area contributed by atoms with E-state index in [2.05, 4.69) is 13.1 Å². The van der Waals surface area contributed by atoms with Gasteiger partial charge < -0.3 is 13.9 Å². The van der Waals surface area contributed by atoms with E-state index in [9.17, 15) is 0 Å². The van der Waals surface area contributed by atoms with Crippen molar-refractivity contribution in [2.24, 2.45) is 0 Å². The van der Waals surface area contributed by atoms with E-state index in [1.165, 1.54) is 6.04 Å². The maximum Gasteiger partial charge on any atom is 0.186 e. The molecular formula is C9H20O3Si. The van der Waals surface area contributed by atoms with Crippen LogP contribution in [0.25, 0.3) is 0 Å². The van der Waals surface area contributed by atoms with E-state index in [1.54, 1.807) is 0 Å². The Bertz CT molecular complexity index is 146. The molecule has 4 heteroatoms. The highest BCUT2D eigenvalue weighted by Crippen LogP contribution is 2.13. The van der Waals surface area contributed by atoms with Gasteiger partial charge in [-0.3, -0.25) is 0 Å². The second kappa shape index (κ2) is 5.10. The largest absolute Gasteiger partial charge is 0.420 e. The molecule has 1 heterocycles. The Labute approximate surface area is 81.5 Å². The standard InChI is InChI=1S/C9H20O3Si/c1-10-13(2,3)6-4-5-11-7-9-8-12-9/h9H,4-8H2,1-3H3/t9-/m1/s1. The average molecular weight is 204 g/mol. The third-order valence-corrected chi connectivity index (χ3v) is 4.99. The highest BCUT2D eigenvalue weighted by atomic mass is 28.4. The molecule has 0 radical (unpaired) electrons. The van der Waals surface area contributed by atoms with Gasteiger partial charge in [0.25, 0.3) is 0 Å². The van der Waals surface area contributed by atoms with Crippen LogP contribution in [0.5, 0.6) is 0 Å². The number of ether oxygens (including phenoxy) is 2. The predicted octanol–water partition coefficient (Wildman–Crippen LogP) is 1.64. The minimum Gasteiger partial charge on any atom is -0.420 e. The lowest BCUT2D eigenvalue weighted by Crippen LogP contribution is -2.28. The van der Waals surface area contributed by atoms with Gasteiger partial charge in [0.15, 0.2) is 8.32 Å². The Morgan fingerprint density at radius 2 is 2.15 bits per heavy atom. The summed E-state index contributed by atoms with van der Waals surface area (Å²) in [4.78, 5) is 0. The van der Waals surface area contributed by atoms with Crippen LogP contribution in [0.15, 0.2) is 0 Å². The maximum atomic E-state index is 5.44. The van der Waals surface area contributed by atoms with Crippen LogP contribution in [0.3, 0.4) is 0 Å². The van der Waals surface area contributed by atoms with E-state index in [1.807, 2.05) is 7.11 Å². The highest BCUT2D eigenvalue weighted by Gasteiger charge is 2.23. The second-order valence-corrected chi connectivity index (χ2v) is 8.53. The summed E-state index contributed by atoms with van der Waals surface area (Å²) in [6.45, 7) is 6.97. The zero-order valence-corrected chi connectivity index (χ0v) is 9.84. The molecule has 0 saturated carbocycles. The SMILES string of the molecule is CO[Si](C)(C)CCCOC[C@@H]1CO1. The summed E-state index contributed by atoms with van der Waals surface area (Å²) < 4.78 is 15.9. The molecule has 0 aromatic rings. The molecule has 0 aliphatic carbocycles.